The van der Waals surface area contributed by atoms with E-state index in [9.17, 15) is 4.79 Å². The summed E-state index contributed by atoms with van der Waals surface area (Å²) in [4.78, 5) is 14.8. The number of nitrogens with zero attached hydrogens (tertiary/aromatic N) is 2. The average Bonchev–Trinajstić information content (AvgIpc) is 3.03. The molecule has 0 aromatic carbocycles. The summed E-state index contributed by atoms with van der Waals surface area (Å²) in [6.07, 6.45) is 10.7. The molecule has 5 nitrogen and oxygen atoms in total. The molecule has 1 fully saturated rings. The fourth-order valence-electron chi connectivity index (χ4n) is 3.69. The van der Waals surface area contributed by atoms with Crippen molar-refractivity contribution in [2.45, 2.75) is 64.5 Å². The van der Waals surface area contributed by atoms with E-state index >= 15 is 0 Å². The van der Waals surface area contributed by atoms with Crippen molar-refractivity contribution in [1.82, 2.24) is 20.4 Å². The highest BCUT2D eigenvalue weighted by molar-refractivity contribution is 5.75. The van der Waals surface area contributed by atoms with Gasteiger partial charge in [0, 0.05) is 23.8 Å². The van der Waals surface area contributed by atoms with E-state index in [2.05, 4.69) is 34.6 Å². The lowest BCUT2D eigenvalue weighted by atomic mass is 9.99. The van der Waals surface area contributed by atoms with Crippen molar-refractivity contribution in [2.75, 3.05) is 6.54 Å². The Labute approximate surface area is 132 Å². The topological polar surface area (TPSA) is 61.0 Å². The number of carbonyl (C=O) groups excluding carboxylic acids is 1. The van der Waals surface area contributed by atoms with Crippen LogP contribution in [0.3, 0.4) is 0 Å². The minimum absolute atomic E-state index is 0.0839. The lowest BCUT2D eigenvalue weighted by molar-refractivity contribution is 0.172. The summed E-state index contributed by atoms with van der Waals surface area (Å²) in [6, 6.07) is 0.499. The number of aromatic amines is 1. The molecule has 0 saturated carbocycles. The van der Waals surface area contributed by atoms with E-state index < -0.39 is 0 Å². The Kier molecular flexibility index (Phi) is 4.50. The third kappa shape index (κ3) is 3.03. The van der Waals surface area contributed by atoms with Gasteiger partial charge in [0.25, 0.3) is 0 Å². The van der Waals surface area contributed by atoms with Gasteiger partial charge in [-0.2, -0.15) is 5.10 Å². The van der Waals surface area contributed by atoms with Crippen molar-refractivity contribution in [3.8, 4) is 0 Å². The largest absolute Gasteiger partial charge is 0.335 e. The maximum absolute atomic E-state index is 12.8. The first kappa shape index (κ1) is 15.1. The molecule has 2 heterocycles. The zero-order valence-electron chi connectivity index (χ0n) is 13.6. The van der Waals surface area contributed by atoms with Crippen molar-refractivity contribution in [1.29, 1.82) is 0 Å². The summed E-state index contributed by atoms with van der Waals surface area (Å²) in [5.41, 5.74) is 3.32. The van der Waals surface area contributed by atoms with E-state index in [1.165, 1.54) is 18.4 Å². The SMILES string of the molecule is Cc1n[nH]c(C)c1[C@@H]1CCCCCN1C(=O)NC1CC=CC1. The van der Waals surface area contributed by atoms with Gasteiger partial charge in [-0.3, -0.25) is 5.10 Å². The van der Waals surface area contributed by atoms with Gasteiger partial charge in [0.05, 0.1) is 11.7 Å². The Morgan fingerprint density at radius 1 is 1.27 bits per heavy atom. The van der Waals surface area contributed by atoms with Crippen LogP contribution in [-0.4, -0.2) is 33.7 Å². The molecule has 2 N–H and O–H groups in total. The average molecular weight is 302 g/mol. The monoisotopic (exact) mass is 302 g/mol. The number of amides is 2. The molecule has 2 amide bonds. The van der Waals surface area contributed by atoms with E-state index in [0.29, 0.717) is 0 Å². The highest BCUT2D eigenvalue weighted by Gasteiger charge is 2.31. The fourth-order valence-corrected chi connectivity index (χ4v) is 3.69. The third-order valence-electron chi connectivity index (χ3n) is 4.87. The second-order valence-electron chi connectivity index (χ2n) is 6.50. The number of aromatic nitrogens is 2. The number of nitrogens with one attached hydrogen (secondary N) is 2. The highest BCUT2D eigenvalue weighted by atomic mass is 16.2. The molecule has 120 valence electrons. The van der Waals surface area contributed by atoms with Gasteiger partial charge in [-0.1, -0.05) is 25.0 Å². The van der Waals surface area contributed by atoms with E-state index in [0.717, 1.165) is 43.6 Å². The number of aryl methyl sites for hydroxylation is 2. The smallest absolute Gasteiger partial charge is 0.318 e. The predicted octanol–water partition coefficient (Wildman–Crippen LogP) is 3.37. The first-order valence-electron chi connectivity index (χ1n) is 8.40. The minimum atomic E-state index is 0.0839. The Hall–Kier alpha value is -1.78. The summed E-state index contributed by atoms with van der Waals surface area (Å²) in [5, 5.41) is 10.6. The standard InChI is InChI=1S/C17H26N4O/c1-12-16(13(2)20-19-12)15-10-4-3-7-11-21(15)17(22)18-14-8-5-6-9-14/h5-6,14-15H,3-4,7-11H2,1-2H3,(H,18,22)(H,19,20)/t15-/m0/s1. The number of likely N-dealkylation sites (tertiary alicyclic amines) is 1. The molecular weight excluding hydrogens is 276 g/mol. The number of urea groups is 1. The Balaban J connectivity index is 1.80. The maximum Gasteiger partial charge on any atom is 0.318 e. The van der Waals surface area contributed by atoms with Crippen LogP contribution in [-0.2, 0) is 0 Å². The number of carbonyl (C=O) groups is 1. The minimum Gasteiger partial charge on any atom is -0.335 e. The molecule has 0 bridgehead atoms. The number of H-pyrrole nitrogens is 1. The van der Waals surface area contributed by atoms with Gasteiger partial charge in [-0.15, -0.1) is 0 Å². The summed E-state index contributed by atoms with van der Waals surface area (Å²) in [5.74, 6) is 0. The van der Waals surface area contributed by atoms with Crippen LogP contribution in [0.15, 0.2) is 12.2 Å². The predicted molar refractivity (Wildman–Crippen MR) is 86.7 cm³/mol. The highest BCUT2D eigenvalue weighted by Crippen LogP contribution is 2.33. The van der Waals surface area contributed by atoms with Crippen LogP contribution >= 0.6 is 0 Å². The molecule has 1 aliphatic carbocycles. The molecule has 1 atom stereocenters. The molecule has 1 aromatic rings. The zero-order valence-corrected chi connectivity index (χ0v) is 13.6. The third-order valence-corrected chi connectivity index (χ3v) is 4.87. The molecule has 3 rings (SSSR count). The molecule has 0 spiro atoms. The number of hydrogen-bond acceptors (Lipinski definition) is 2. The van der Waals surface area contributed by atoms with E-state index in [1.807, 2.05) is 11.8 Å². The van der Waals surface area contributed by atoms with Gasteiger partial charge in [-0.05, 0) is 39.5 Å². The van der Waals surface area contributed by atoms with Gasteiger partial charge in [0.2, 0.25) is 0 Å². The first-order chi connectivity index (χ1) is 10.7. The van der Waals surface area contributed by atoms with Gasteiger partial charge in [0.1, 0.15) is 0 Å². The quantitative estimate of drug-likeness (QED) is 0.823. The molecule has 2 aliphatic rings. The lowest BCUT2D eigenvalue weighted by Crippen LogP contribution is -2.45. The van der Waals surface area contributed by atoms with Crippen LogP contribution in [0, 0.1) is 13.8 Å². The Bertz CT molecular complexity index is 536. The van der Waals surface area contributed by atoms with Crippen LogP contribution in [0.5, 0.6) is 0 Å². The normalized spacial score (nSPS) is 22.8. The van der Waals surface area contributed by atoms with E-state index in [-0.39, 0.29) is 18.1 Å². The molecule has 0 unspecified atom stereocenters. The van der Waals surface area contributed by atoms with E-state index in [4.69, 9.17) is 0 Å². The second kappa shape index (κ2) is 6.55. The van der Waals surface area contributed by atoms with E-state index in [1.54, 1.807) is 0 Å². The van der Waals surface area contributed by atoms with Crippen molar-refractivity contribution in [3.63, 3.8) is 0 Å². The molecular formula is C17H26N4O. The second-order valence-corrected chi connectivity index (χ2v) is 6.50. The van der Waals surface area contributed by atoms with Crippen LogP contribution in [0.4, 0.5) is 4.79 Å². The van der Waals surface area contributed by atoms with Gasteiger partial charge in [0.15, 0.2) is 0 Å². The van der Waals surface area contributed by atoms with Crippen LogP contribution in [0.25, 0.3) is 0 Å². The summed E-state index contributed by atoms with van der Waals surface area (Å²) in [6.45, 7) is 4.92. The molecule has 0 radical (unpaired) electrons. The fraction of sp³-hybridized carbons (Fsp3) is 0.647. The van der Waals surface area contributed by atoms with Crippen molar-refractivity contribution >= 4 is 6.03 Å². The Morgan fingerprint density at radius 3 is 2.73 bits per heavy atom. The van der Waals surface area contributed by atoms with Crippen LogP contribution < -0.4 is 5.32 Å². The lowest BCUT2D eigenvalue weighted by Gasteiger charge is -2.31. The van der Waals surface area contributed by atoms with Crippen molar-refractivity contribution in [2.24, 2.45) is 0 Å². The summed E-state index contributed by atoms with van der Waals surface area (Å²) >= 11 is 0. The number of hydrogen-bond donors (Lipinski definition) is 2. The molecule has 22 heavy (non-hydrogen) atoms. The van der Waals surface area contributed by atoms with Gasteiger partial charge in [-0.25, -0.2) is 4.79 Å². The number of rotatable bonds is 2. The van der Waals surface area contributed by atoms with Gasteiger partial charge < -0.3 is 10.2 Å². The molecule has 1 saturated heterocycles. The van der Waals surface area contributed by atoms with Crippen LogP contribution in [0.2, 0.25) is 0 Å². The zero-order chi connectivity index (χ0) is 15.5. The van der Waals surface area contributed by atoms with Crippen molar-refractivity contribution in [3.05, 3.63) is 29.1 Å². The molecule has 5 heteroatoms. The maximum atomic E-state index is 12.8. The Morgan fingerprint density at radius 2 is 2.05 bits per heavy atom. The summed E-state index contributed by atoms with van der Waals surface area (Å²) in [7, 11) is 0. The van der Waals surface area contributed by atoms with Gasteiger partial charge >= 0.3 is 6.03 Å². The van der Waals surface area contributed by atoms with Crippen molar-refractivity contribution < 1.29 is 4.79 Å². The first-order valence-corrected chi connectivity index (χ1v) is 8.40. The molecule has 1 aliphatic heterocycles. The van der Waals surface area contributed by atoms with Crippen LogP contribution in [0.1, 0.15) is 61.5 Å². The molecule has 1 aromatic heterocycles. The summed E-state index contributed by atoms with van der Waals surface area (Å²) < 4.78 is 0.